The molecule has 0 amide bonds. The van der Waals surface area contributed by atoms with E-state index in [4.69, 9.17) is 16.3 Å². The van der Waals surface area contributed by atoms with Crippen LogP contribution in [0.15, 0.2) is 60.9 Å². The van der Waals surface area contributed by atoms with E-state index in [-0.39, 0.29) is 5.75 Å². The minimum absolute atomic E-state index is 0.155. The minimum Gasteiger partial charge on any atom is -0.439 e. The maximum atomic E-state index is 12.5. The van der Waals surface area contributed by atoms with Gasteiger partial charge in [-0.15, -0.1) is 0 Å². The minimum atomic E-state index is -3.58. The lowest BCUT2D eigenvalue weighted by Gasteiger charge is -2.10. The van der Waals surface area contributed by atoms with E-state index in [0.717, 1.165) is 17.0 Å². The van der Waals surface area contributed by atoms with Gasteiger partial charge in [-0.05, 0) is 68.3 Å². The van der Waals surface area contributed by atoms with E-state index < -0.39 is 10.0 Å². The van der Waals surface area contributed by atoms with Gasteiger partial charge in [0.1, 0.15) is 12.1 Å². The number of nitrogens with one attached hydrogen (secondary N) is 1. The van der Waals surface area contributed by atoms with Gasteiger partial charge in [0.15, 0.2) is 5.82 Å². The van der Waals surface area contributed by atoms with Gasteiger partial charge in [0.2, 0.25) is 15.9 Å². The van der Waals surface area contributed by atoms with Crippen LogP contribution in [0.3, 0.4) is 0 Å². The standard InChI is InChI=1S/C23H22ClN5O3S/c1-15-16(2)27-29(17(15)3)22-12-23(26-14-25-22)32-21-10-8-20(9-11-21)28-33(30,31)13-18-4-6-19(24)7-5-18/h4-12,14,28H,13H2,1-3H3. The topological polar surface area (TPSA) is 99.0 Å². The van der Waals surface area contributed by atoms with Crippen LogP contribution in [0.2, 0.25) is 5.02 Å². The Labute approximate surface area is 197 Å². The Morgan fingerprint density at radius 1 is 1.00 bits per heavy atom. The SMILES string of the molecule is Cc1nn(-c2cc(Oc3ccc(NS(=O)(=O)Cc4ccc(Cl)cc4)cc3)ncn2)c(C)c1C. The Kier molecular flexibility index (Phi) is 6.35. The predicted octanol–water partition coefficient (Wildman–Crippen LogP) is 4.98. The van der Waals surface area contributed by atoms with E-state index in [1.807, 2.05) is 20.8 Å². The van der Waals surface area contributed by atoms with Gasteiger partial charge >= 0.3 is 0 Å². The van der Waals surface area contributed by atoms with Crippen LogP contribution in [0.4, 0.5) is 5.69 Å². The molecule has 0 aliphatic heterocycles. The van der Waals surface area contributed by atoms with E-state index in [0.29, 0.717) is 33.7 Å². The maximum absolute atomic E-state index is 12.5. The summed E-state index contributed by atoms with van der Waals surface area (Å²) in [4.78, 5) is 8.44. The van der Waals surface area contributed by atoms with Crippen LogP contribution in [0.5, 0.6) is 11.6 Å². The molecule has 8 nitrogen and oxygen atoms in total. The third-order valence-corrected chi connectivity index (χ3v) is 6.63. The fraction of sp³-hybridized carbons (Fsp3) is 0.174. The van der Waals surface area contributed by atoms with Crippen molar-refractivity contribution >= 4 is 27.3 Å². The van der Waals surface area contributed by atoms with Crippen molar-refractivity contribution in [3.63, 3.8) is 0 Å². The molecular weight excluding hydrogens is 462 g/mol. The Bertz CT molecular complexity index is 1380. The van der Waals surface area contributed by atoms with Gasteiger partial charge < -0.3 is 4.74 Å². The first kappa shape index (κ1) is 22.8. The molecule has 170 valence electrons. The van der Waals surface area contributed by atoms with E-state index >= 15 is 0 Å². The molecule has 0 saturated heterocycles. The average molecular weight is 484 g/mol. The maximum Gasteiger partial charge on any atom is 0.236 e. The number of halogens is 1. The molecule has 1 N–H and O–H groups in total. The van der Waals surface area contributed by atoms with E-state index in [2.05, 4.69) is 19.8 Å². The van der Waals surface area contributed by atoms with Crippen molar-refractivity contribution in [2.45, 2.75) is 26.5 Å². The van der Waals surface area contributed by atoms with Crippen LogP contribution < -0.4 is 9.46 Å². The fourth-order valence-corrected chi connectivity index (χ4v) is 4.50. The molecule has 2 heterocycles. The van der Waals surface area contributed by atoms with Gasteiger partial charge in [-0.1, -0.05) is 23.7 Å². The summed E-state index contributed by atoms with van der Waals surface area (Å²) in [6.07, 6.45) is 1.41. The van der Waals surface area contributed by atoms with Crippen LogP contribution in [0, 0.1) is 20.8 Å². The summed E-state index contributed by atoms with van der Waals surface area (Å²) in [6.45, 7) is 5.94. The first-order valence-corrected chi connectivity index (χ1v) is 12.1. The number of anilines is 1. The lowest BCUT2D eigenvalue weighted by molar-refractivity contribution is 0.460. The van der Waals surface area contributed by atoms with Gasteiger partial charge in [0, 0.05) is 22.5 Å². The summed E-state index contributed by atoms with van der Waals surface area (Å²) in [7, 11) is -3.58. The highest BCUT2D eigenvalue weighted by atomic mass is 35.5. The molecule has 33 heavy (non-hydrogen) atoms. The molecule has 0 bridgehead atoms. The summed E-state index contributed by atoms with van der Waals surface area (Å²) >= 11 is 5.85. The third kappa shape index (κ3) is 5.50. The molecule has 2 aromatic heterocycles. The van der Waals surface area contributed by atoms with Crippen molar-refractivity contribution in [2.24, 2.45) is 0 Å². The molecule has 0 saturated carbocycles. The fourth-order valence-electron chi connectivity index (χ4n) is 3.17. The van der Waals surface area contributed by atoms with Crippen molar-refractivity contribution < 1.29 is 13.2 Å². The van der Waals surface area contributed by atoms with Crippen molar-refractivity contribution in [1.82, 2.24) is 19.7 Å². The summed E-state index contributed by atoms with van der Waals surface area (Å²) in [5.41, 5.74) is 4.10. The molecule has 0 radical (unpaired) electrons. The van der Waals surface area contributed by atoms with Crippen molar-refractivity contribution in [1.29, 1.82) is 0 Å². The Hall–Kier alpha value is -3.43. The molecule has 4 rings (SSSR count). The summed E-state index contributed by atoms with van der Waals surface area (Å²) in [6, 6.07) is 15.0. The van der Waals surface area contributed by atoms with E-state index in [1.54, 1.807) is 59.3 Å². The smallest absolute Gasteiger partial charge is 0.236 e. The van der Waals surface area contributed by atoms with Crippen LogP contribution in [0.1, 0.15) is 22.5 Å². The number of ether oxygens (including phenoxy) is 1. The molecule has 4 aromatic rings. The number of sulfonamides is 1. The van der Waals surface area contributed by atoms with Crippen LogP contribution >= 0.6 is 11.6 Å². The molecule has 0 atom stereocenters. The van der Waals surface area contributed by atoms with Crippen molar-refractivity contribution in [3.8, 4) is 17.4 Å². The molecule has 0 unspecified atom stereocenters. The zero-order chi connectivity index (χ0) is 23.6. The summed E-state index contributed by atoms with van der Waals surface area (Å²) in [5, 5.41) is 5.06. The first-order valence-electron chi connectivity index (χ1n) is 10.1. The molecule has 0 fully saturated rings. The van der Waals surface area contributed by atoms with Crippen molar-refractivity contribution in [2.75, 3.05) is 4.72 Å². The zero-order valence-corrected chi connectivity index (χ0v) is 19.9. The lowest BCUT2D eigenvalue weighted by Crippen LogP contribution is -2.14. The van der Waals surface area contributed by atoms with Crippen LogP contribution in [-0.2, 0) is 15.8 Å². The highest BCUT2D eigenvalue weighted by molar-refractivity contribution is 7.91. The summed E-state index contributed by atoms with van der Waals surface area (Å²) < 4.78 is 35.0. The van der Waals surface area contributed by atoms with Gasteiger partial charge in [0.05, 0.1) is 11.4 Å². The largest absolute Gasteiger partial charge is 0.439 e. The van der Waals surface area contributed by atoms with E-state index in [1.165, 1.54) is 6.33 Å². The molecule has 2 aromatic carbocycles. The predicted molar refractivity (Wildman–Crippen MR) is 128 cm³/mol. The van der Waals surface area contributed by atoms with Crippen LogP contribution in [-0.4, -0.2) is 28.2 Å². The van der Waals surface area contributed by atoms with Gasteiger partial charge in [0.25, 0.3) is 0 Å². The van der Waals surface area contributed by atoms with Gasteiger partial charge in [-0.25, -0.2) is 23.1 Å². The first-order chi connectivity index (χ1) is 15.7. The van der Waals surface area contributed by atoms with Gasteiger partial charge in [-0.2, -0.15) is 5.10 Å². The van der Waals surface area contributed by atoms with Crippen LogP contribution in [0.25, 0.3) is 5.82 Å². The highest BCUT2D eigenvalue weighted by Gasteiger charge is 2.13. The second-order valence-electron chi connectivity index (χ2n) is 7.54. The normalized spacial score (nSPS) is 11.4. The Morgan fingerprint density at radius 3 is 2.33 bits per heavy atom. The Balaban J connectivity index is 1.44. The quantitative estimate of drug-likeness (QED) is 0.398. The second kappa shape index (κ2) is 9.21. The Morgan fingerprint density at radius 2 is 1.70 bits per heavy atom. The number of benzene rings is 2. The van der Waals surface area contributed by atoms with Gasteiger partial charge in [-0.3, -0.25) is 4.72 Å². The molecule has 0 aliphatic rings. The van der Waals surface area contributed by atoms with Crippen molar-refractivity contribution in [3.05, 3.63) is 88.5 Å². The number of nitrogens with zero attached hydrogens (tertiary/aromatic N) is 4. The molecular formula is C23H22ClN5O3S. The average Bonchev–Trinajstić information content (AvgIpc) is 3.04. The number of aryl methyl sites for hydroxylation is 1. The lowest BCUT2D eigenvalue weighted by atomic mass is 10.2. The molecule has 0 spiro atoms. The molecule has 10 heteroatoms. The third-order valence-electron chi connectivity index (χ3n) is 5.12. The highest BCUT2D eigenvalue weighted by Crippen LogP contribution is 2.24. The molecule has 0 aliphatic carbocycles. The number of hydrogen-bond acceptors (Lipinski definition) is 6. The number of rotatable bonds is 7. The number of hydrogen-bond donors (Lipinski definition) is 1. The number of aromatic nitrogens is 4. The van der Waals surface area contributed by atoms with E-state index in [9.17, 15) is 8.42 Å². The monoisotopic (exact) mass is 483 g/mol. The summed E-state index contributed by atoms with van der Waals surface area (Å²) in [5.74, 6) is 1.30. The zero-order valence-electron chi connectivity index (χ0n) is 18.3. The second-order valence-corrected chi connectivity index (χ2v) is 9.69.